The van der Waals surface area contributed by atoms with Crippen LogP contribution in [0.5, 0.6) is 5.75 Å². The second kappa shape index (κ2) is 7.70. The fourth-order valence-corrected chi connectivity index (χ4v) is 3.73. The van der Waals surface area contributed by atoms with Crippen LogP contribution in [0.1, 0.15) is 49.1 Å². The van der Waals surface area contributed by atoms with Crippen LogP contribution < -0.4 is 4.74 Å². The Balaban J connectivity index is 1.76. The van der Waals surface area contributed by atoms with E-state index in [1.165, 1.54) is 0 Å². The minimum absolute atomic E-state index is 0.169. The Hall–Kier alpha value is -2.33. The standard InChI is InChI=1S/C21H24O4/c22-20(23)14-21(24)12-5-4-11-19(21)17-9-6-10-18(13-17)25-15-16-7-2-1-3-8-16/h1-3,6-10,13,19,24H,4-5,11-12,14-15H2,(H,22,23). The quantitative estimate of drug-likeness (QED) is 0.830. The zero-order chi connectivity index (χ0) is 17.7. The molecular formula is C21H24O4. The number of carbonyl (C=O) groups is 1. The van der Waals surface area contributed by atoms with Crippen molar-refractivity contribution < 1.29 is 19.7 Å². The highest BCUT2D eigenvalue weighted by atomic mass is 16.5. The summed E-state index contributed by atoms with van der Waals surface area (Å²) in [5, 5.41) is 20.1. The van der Waals surface area contributed by atoms with Crippen molar-refractivity contribution in [3.05, 3.63) is 65.7 Å². The minimum Gasteiger partial charge on any atom is -0.489 e. The van der Waals surface area contributed by atoms with E-state index >= 15 is 0 Å². The number of carboxylic acid groups (broad SMARTS) is 1. The van der Waals surface area contributed by atoms with E-state index in [2.05, 4.69) is 0 Å². The molecule has 0 aromatic heterocycles. The summed E-state index contributed by atoms with van der Waals surface area (Å²) in [5.74, 6) is -0.381. The van der Waals surface area contributed by atoms with Gasteiger partial charge in [-0.3, -0.25) is 4.79 Å². The zero-order valence-corrected chi connectivity index (χ0v) is 14.2. The molecule has 4 nitrogen and oxygen atoms in total. The largest absolute Gasteiger partial charge is 0.489 e. The number of ether oxygens (including phenoxy) is 1. The first-order chi connectivity index (χ1) is 12.1. The van der Waals surface area contributed by atoms with Gasteiger partial charge in [-0.1, -0.05) is 55.3 Å². The number of benzene rings is 2. The molecule has 0 bridgehead atoms. The predicted octanol–water partition coefficient (Wildman–Crippen LogP) is 4.13. The maximum atomic E-state index is 11.2. The van der Waals surface area contributed by atoms with Gasteiger partial charge in [0.1, 0.15) is 12.4 Å². The van der Waals surface area contributed by atoms with Gasteiger partial charge in [-0.25, -0.2) is 0 Å². The molecule has 1 aliphatic carbocycles. The van der Waals surface area contributed by atoms with Crippen LogP contribution in [0.25, 0.3) is 0 Å². The number of aliphatic carboxylic acids is 1. The van der Waals surface area contributed by atoms with E-state index in [9.17, 15) is 15.0 Å². The number of hydrogen-bond donors (Lipinski definition) is 2. The monoisotopic (exact) mass is 340 g/mol. The summed E-state index contributed by atoms with van der Waals surface area (Å²) in [7, 11) is 0. The molecule has 0 aliphatic heterocycles. The summed E-state index contributed by atoms with van der Waals surface area (Å²) >= 11 is 0. The van der Waals surface area contributed by atoms with Crippen LogP contribution in [0.2, 0.25) is 0 Å². The Bertz CT molecular complexity index is 713. The normalized spacial score (nSPS) is 23.2. The minimum atomic E-state index is -1.18. The summed E-state index contributed by atoms with van der Waals surface area (Å²) < 4.78 is 5.87. The number of rotatable bonds is 6. The van der Waals surface area contributed by atoms with Crippen LogP contribution in [0.3, 0.4) is 0 Å². The van der Waals surface area contributed by atoms with Gasteiger partial charge in [-0.15, -0.1) is 0 Å². The summed E-state index contributed by atoms with van der Waals surface area (Å²) in [4.78, 5) is 11.2. The second-order valence-electron chi connectivity index (χ2n) is 6.82. The second-order valence-corrected chi connectivity index (χ2v) is 6.82. The third-order valence-electron chi connectivity index (χ3n) is 4.97. The predicted molar refractivity (Wildman–Crippen MR) is 95.6 cm³/mol. The van der Waals surface area contributed by atoms with E-state index in [1.54, 1.807) is 0 Å². The average Bonchev–Trinajstić information content (AvgIpc) is 2.60. The summed E-state index contributed by atoms with van der Waals surface area (Å²) in [6.07, 6.45) is 2.98. The molecule has 1 fully saturated rings. The van der Waals surface area contributed by atoms with E-state index in [0.29, 0.717) is 13.0 Å². The zero-order valence-electron chi connectivity index (χ0n) is 14.2. The lowest BCUT2D eigenvalue weighted by Crippen LogP contribution is -2.41. The molecular weight excluding hydrogens is 316 g/mol. The van der Waals surface area contributed by atoms with Crippen LogP contribution in [-0.4, -0.2) is 21.8 Å². The van der Waals surface area contributed by atoms with Crippen LogP contribution in [0.4, 0.5) is 0 Å². The fraction of sp³-hybridized carbons (Fsp3) is 0.381. The molecule has 2 N–H and O–H groups in total. The Morgan fingerprint density at radius 3 is 2.68 bits per heavy atom. The van der Waals surface area contributed by atoms with Crippen molar-refractivity contribution in [2.45, 2.75) is 50.2 Å². The Morgan fingerprint density at radius 2 is 1.92 bits per heavy atom. The third-order valence-corrected chi connectivity index (χ3v) is 4.97. The van der Waals surface area contributed by atoms with E-state index in [1.807, 2.05) is 54.6 Å². The molecule has 0 amide bonds. The van der Waals surface area contributed by atoms with E-state index in [-0.39, 0.29) is 12.3 Å². The van der Waals surface area contributed by atoms with Gasteiger partial charge in [0.05, 0.1) is 12.0 Å². The summed E-state index contributed by atoms with van der Waals surface area (Å²) in [6.45, 7) is 0.481. The first-order valence-electron chi connectivity index (χ1n) is 8.78. The maximum absolute atomic E-state index is 11.2. The first kappa shape index (κ1) is 17.5. The highest BCUT2D eigenvalue weighted by molar-refractivity contribution is 5.68. The molecule has 2 atom stereocenters. The van der Waals surface area contributed by atoms with Crippen LogP contribution >= 0.6 is 0 Å². The molecule has 25 heavy (non-hydrogen) atoms. The lowest BCUT2D eigenvalue weighted by atomic mass is 9.70. The molecule has 2 unspecified atom stereocenters. The molecule has 1 saturated carbocycles. The van der Waals surface area contributed by atoms with Crippen LogP contribution in [0, 0.1) is 0 Å². The average molecular weight is 340 g/mol. The van der Waals surface area contributed by atoms with Gasteiger partial charge in [0.15, 0.2) is 0 Å². The molecule has 4 heteroatoms. The molecule has 2 aromatic carbocycles. The molecule has 0 radical (unpaired) electrons. The number of hydrogen-bond acceptors (Lipinski definition) is 3. The topological polar surface area (TPSA) is 66.8 Å². The fourth-order valence-electron chi connectivity index (χ4n) is 3.73. The SMILES string of the molecule is O=C(O)CC1(O)CCCCC1c1cccc(OCc2ccccc2)c1. The Morgan fingerprint density at radius 1 is 1.12 bits per heavy atom. The molecule has 1 aliphatic rings. The summed E-state index contributed by atoms with van der Waals surface area (Å²) in [5.41, 5.74) is 0.865. The smallest absolute Gasteiger partial charge is 0.306 e. The van der Waals surface area contributed by atoms with Gasteiger partial charge < -0.3 is 14.9 Å². The molecule has 0 spiro atoms. The lowest BCUT2D eigenvalue weighted by Gasteiger charge is -2.39. The third kappa shape index (κ3) is 4.40. The highest BCUT2D eigenvalue weighted by Gasteiger charge is 2.41. The maximum Gasteiger partial charge on any atom is 0.306 e. The van der Waals surface area contributed by atoms with Gasteiger partial charge in [0.25, 0.3) is 0 Å². The Labute approximate surface area is 148 Å². The van der Waals surface area contributed by atoms with Gasteiger partial charge in [0.2, 0.25) is 0 Å². The van der Waals surface area contributed by atoms with Crippen molar-refractivity contribution in [2.24, 2.45) is 0 Å². The van der Waals surface area contributed by atoms with E-state index < -0.39 is 11.6 Å². The highest BCUT2D eigenvalue weighted by Crippen LogP contribution is 2.43. The van der Waals surface area contributed by atoms with Crippen LogP contribution in [-0.2, 0) is 11.4 Å². The molecule has 0 heterocycles. The van der Waals surface area contributed by atoms with Crippen molar-refractivity contribution in [1.82, 2.24) is 0 Å². The van der Waals surface area contributed by atoms with Gasteiger partial charge in [-0.2, -0.15) is 0 Å². The van der Waals surface area contributed by atoms with Gasteiger partial charge >= 0.3 is 5.97 Å². The molecule has 3 rings (SSSR count). The molecule has 2 aromatic rings. The number of carboxylic acids is 1. The number of aliphatic hydroxyl groups is 1. The molecule has 0 saturated heterocycles. The van der Waals surface area contributed by atoms with Crippen molar-refractivity contribution in [2.75, 3.05) is 0 Å². The lowest BCUT2D eigenvalue weighted by molar-refractivity contribution is -0.145. The van der Waals surface area contributed by atoms with Crippen molar-refractivity contribution in [1.29, 1.82) is 0 Å². The van der Waals surface area contributed by atoms with Crippen molar-refractivity contribution >= 4 is 5.97 Å². The van der Waals surface area contributed by atoms with E-state index in [4.69, 9.17) is 4.74 Å². The Kier molecular flexibility index (Phi) is 5.39. The van der Waals surface area contributed by atoms with Crippen LogP contribution in [0.15, 0.2) is 54.6 Å². The van der Waals surface area contributed by atoms with E-state index in [0.717, 1.165) is 36.1 Å². The molecule has 132 valence electrons. The van der Waals surface area contributed by atoms with Gasteiger partial charge in [-0.05, 0) is 36.1 Å². The first-order valence-corrected chi connectivity index (χ1v) is 8.78. The summed E-state index contributed by atoms with van der Waals surface area (Å²) in [6, 6.07) is 17.6. The van der Waals surface area contributed by atoms with Crippen molar-refractivity contribution in [3.8, 4) is 5.75 Å². The van der Waals surface area contributed by atoms with Crippen molar-refractivity contribution in [3.63, 3.8) is 0 Å². The van der Waals surface area contributed by atoms with Gasteiger partial charge in [0, 0.05) is 5.92 Å².